The van der Waals surface area contributed by atoms with E-state index < -0.39 is 5.97 Å². The molecular weight excluding hydrogens is 166 g/mol. The van der Waals surface area contributed by atoms with Gasteiger partial charge in [0.15, 0.2) is 0 Å². The molecule has 0 rings (SSSR count). The first kappa shape index (κ1) is 11.9. The van der Waals surface area contributed by atoms with Crippen LogP contribution in [-0.4, -0.2) is 23.8 Å². The van der Waals surface area contributed by atoms with Crippen molar-refractivity contribution in [3.05, 3.63) is 11.6 Å². The van der Waals surface area contributed by atoms with Gasteiger partial charge in [-0.2, -0.15) is 0 Å². The maximum atomic E-state index is 10.6. The molecule has 0 unspecified atom stereocenters. The second-order valence-corrected chi connectivity index (χ2v) is 3.99. The smallest absolute Gasteiger partial charge is 0.331 e. The van der Waals surface area contributed by atoms with E-state index in [2.05, 4.69) is 4.99 Å². The van der Waals surface area contributed by atoms with E-state index in [1.807, 2.05) is 20.8 Å². The first-order chi connectivity index (χ1) is 5.79. The second kappa shape index (κ2) is 4.21. The molecule has 13 heavy (non-hydrogen) atoms. The van der Waals surface area contributed by atoms with Crippen LogP contribution in [0.4, 0.5) is 0 Å². The first-order valence-electron chi connectivity index (χ1n) is 4.18. The lowest BCUT2D eigenvalue weighted by atomic mass is 9.89. The van der Waals surface area contributed by atoms with Crippen molar-refractivity contribution in [1.82, 2.24) is 0 Å². The number of carboxylic acids is 1. The maximum absolute atomic E-state index is 10.6. The number of carbonyl (C=O) groups is 1. The summed E-state index contributed by atoms with van der Waals surface area (Å²) in [7, 11) is 1.67. The molecule has 0 spiro atoms. The SMILES string of the molecule is CN=C(/C=C(\C)C(=O)O)C(C)(C)C. The van der Waals surface area contributed by atoms with Crippen molar-refractivity contribution < 1.29 is 9.90 Å². The van der Waals surface area contributed by atoms with E-state index in [4.69, 9.17) is 5.11 Å². The molecule has 0 fully saturated rings. The zero-order chi connectivity index (χ0) is 10.6. The molecule has 0 aliphatic carbocycles. The highest BCUT2D eigenvalue weighted by Crippen LogP contribution is 2.17. The fourth-order valence-corrected chi connectivity index (χ4v) is 0.883. The summed E-state index contributed by atoms with van der Waals surface area (Å²) in [6.45, 7) is 7.57. The van der Waals surface area contributed by atoms with Gasteiger partial charge in [0.2, 0.25) is 0 Å². The van der Waals surface area contributed by atoms with Crippen molar-refractivity contribution >= 4 is 11.7 Å². The van der Waals surface area contributed by atoms with Crippen LogP contribution >= 0.6 is 0 Å². The number of aliphatic carboxylic acids is 1. The lowest BCUT2D eigenvalue weighted by molar-refractivity contribution is -0.132. The van der Waals surface area contributed by atoms with E-state index in [-0.39, 0.29) is 5.41 Å². The molecule has 0 aliphatic heterocycles. The third kappa shape index (κ3) is 3.87. The largest absolute Gasteiger partial charge is 0.478 e. The van der Waals surface area contributed by atoms with Crippen LogP contribution in [-0.2, 0) is 4.79 Å². The van der Waals surface area contributed by atoms with Crippen LogP contribution in [0.15, 0.2) is 16.6 Å². The molecule has 0 saturated carbocycles. The Morgan fingerprint density at radius 1 is 1.38 bits per heavy atom. The Kier molecular flexibility index (Phi) is 3.85. The summed E-state index contributed by atoms with van der Waals surface area (Å²) in [6, 6.07) is 0. The molecule has 0 radical (unpaired) electrons. The van der Waals surface area contributed by atoms with Crippen molar-refractivity contribution in [3.8, 4) is 0 Å². The van der Waals surface area contributed by atoms with Crippen molar-refractivity contribution in [1.29, 1.82) is 0 Å². The minimum absolute atomic E-state index is 0.106. The van der Waals surface area contributed by atoms with Gasteiger partial charge in [0.1, 0.15) is 0 Å². The summed E-state index contributed by atoms with van der Waals surface area (Å²) in [6.07, 6.45) is 1.61. The van der Waals surface area contributed by atoms with Gasteiger partial charge < -0.3 is 5.11 Å². The lowest BCUT2D eigenvalue weighted by Gasteiger charge is -2.18. The molecule has 0 aromatic heterocycles. The van der Waals surface area contributed by atoms with Gasteiger partial charge in [-0.05, 0) is 13.0 Å². The van der Waals surface area contributed by atoms with Crippen LogP contribution in [0.3, 0.4) is 0 Å². The number of hydrogen-bond donors (Lipinski definition) is 1. The van der Waals surface area contributed by atoms with E-state index in [0.29, 0.717) is 5.57 Å². The van der Waals surface area contributed by atoms with Gasteiger partial charge in [-0.25, -0.2) is 4.79 Å². The third-order valence-electron chi connectivity index (χ3n) is 1.70. The third-order valence-corrected chi connectivity index (χ3v) is 1.70. The van der Waals surface area contributed by atoms with Gasteiger partial charge in [0.05, 0.1) is 0 Å². The van der Waals surface area contributed by atoms with Gasteiger partial charge in [-0.15, -0.1) is 0 Å². The van der Waals surface area contributed by atoms with Crippen LogP contribution in [0.5, 0.6) is 0 Å². The first-order valence-corrected chi connectivity index (χ1v) is 4.18. The van der Waals surface area contributed by atoms with Crippen LogP contribution in [0.1, 0.15) is 27.7 Å². The Labute approximate surface area is 79.2 Å². The summed E-state index contributed by atoms with van der Waals surface area (Å²) >= 11 is 0. The van der Waals surface area contributed by atoms with Crippen LogP contribution in [0.25, 0.3) is 0 Å². The Balaban J connectivity index is 4.87. The van der Waals surface area contributed by atoms with Gasteiger partial charge in [-0.3, -0.25) is 4.99 Å². The Morgan fingerprint density at radius 3 is 2.08 bits per heavy atom. The van der Waals surface area contributed by atoms with Crippen LogP contribution < -0.4 is 0 Å². The maximum Gasteiger partial charge on any atom is 0.331 e. The minimum atomic E-state index is -0.898. The second-order valence-electron chi connectivity index (χ2n) is 3.99. The fourth-order valence-electron chi connectivity index (χ4n) is 0.883. The normalized spacial score (nSPS) is 14.5. The molecule has 0 aromatic carbocycles. The van der Waals surface area contributed by atoms with E-state index in [9.17, 15) is 4.79 Å². The number of rotatable bonds is 2. The van der Waals surface area contributed by atoms with Gasteiger partial charge >= 0.3 is 5.97 Å². The highest BCUT2D eigenvalue weighted by molar-refractivity contribution is 6.04. The van der Waals surface area contributed by atoms with Crippen molar-refractivity contribution in [3.63, 3.8) is 0 Å². The van der Waals surface area contributed by atoms with Crippen molar-refractivity contribution in [2.45, 2.75) is 27.7 Å². The lowest BCUT2D eigenvalue weighted by Crippen LogP contribution is -2.19. The summed E-state index contributed by atoms with van der Waals surface area (Å²) in [5, 5.41) is 8.67. The van der Waals surface area contributed by atoms with Crippen molar-refractivity contribution in [2.24, 2.45) is 10.4 Å². The predicted octanol–water partition coefficient (Wildman–Crippen LogP) is 2.13. The zero-order valence-corrected chi connectivity index (χ0v) is 8.88. The topological polar surface area (TPSA) is 49.7 Å². The monoisotopic (exact) mass is 183 g/mol. The number of allylic oxidation sites excluding steroid dienone is 1. The molecule has 0 aliphatic rings. The molecule has 1 N–H and O–H groups in total. The summed E-state index contributed by atoms with van der Waals surface area (Å²) in [5.41, 5.74) is 1.01. The summed E-state index contributed by atoms with van der Waals surface area (Å²) in [5.74, 6) is -0.898. The summed E-state index contributed by atoms with van der Waals surface area (Å²) < 4.78 is 0. The summed E-state index contributed by atoms with van der Waals surface area (Å²) in [4.78, 5) is 14.6. The molecule has 0 amide bonds. The quantitative estimate of drug-likeness (QED) is 0.526. The van der Waals surface area contributed by atoms with E-state index in [0.717, 1.165) is 5.71 Å². The highest BCUT2D eigenvalue weighted by Gasteiger charge is 2.17. The number of nitrogens with zero attached hydrogens (tertiary/aromatic N) is 1. The van der Waals surface area contributed by atoms with Crippen LogP contribution in [0.2, 0.25) is 0 Å². The number of carboxylic acid groups (broad SMARTS) is 1. The van der Waals surface area contributed by atoms with Gasteiger partial charge in [-0.1, -0.05) is 20.8 Å². The number of aliphatic imine (C=N–C) groups is 1. The zero-order valence-electron chi connectivity index (χ0n) is 8.88. The molecule has 0 bridgehead atoms. The Morgan fingerprint density at radius 2 is 1.85 bits per heavy atom. The molecule has 3 heteroatoms. The van der Waals surface area contributed by atoms with E-state index in [1.54, 1.807) is 20.0 Å². The Hall–Kier alpha value is -1.12. The van der Waals surface area contributed by atoms with E-state index in [1.165, 1.54) is 0 Å². The average Bonchev–Trinajstić information content (AvgIpc) is 1.96. The molecule has 0 saturated heterocycles. The standard InChI is InChI=1S/C10H17NO2/c1-7(9(12)13)6-8(11-5)10(2,3)4/h6H,1-5H3,(H,12,13)/b7-6+,11-8?. The molecule has 3 nitrogen and oxygen atoms in total. The Bertz CT molecular complexity index is 257. The minimum Gasteiger partial charge on any atom is -0.478 e. The molecular formula is C10H17NO2. The van der Waals surface area contributed by atoms with E-state index >= 15 is 0 Å². The predicted molar refractivity (Wildman–Crippen MR) is 54.2 cm³/mol. The van der Waals surface area contributed by atoms with Gasteiger partial charge in [0.25, 0.3) is 0 Å². The fraction of sp³-hybridized carbons (Fsp3) is 0.600. The van der Waals surface area contributed by atoms with Crippen LogP contribution in [0, 0.1) is 5.41 Å². The molecule has 0 heterocycles. The average molecular weight is 183 g/mol. The molecule has 0 atom stereocenters. The highest BCUT2D eigenvalue weighted by atomic mass is 16.4. The van der Waals surface area contributed by atoms with Crippen molar-refractivity contribution in [2.75, 3.05) is 7.05 Å². The molecule has 0 aromatic rings. The number of hydrogen-bond acceptors (Lipinski definition) is 2. The molecule has 74 valence electrons. The van der Waals surface area contributed by atoms with Gasteiger partial charge in [0, 0.05) is 23.7 Å².